The molecule has 0 aliphatic carbocycles. The van der Waals surface area contributed by atoms with Crippen LogP contribution in [0.3, 0.4) is 0 Å². The minimum atomic E-state index is -3.13. The predicted molar refractivity (Wildman–Crippen MR) is 112 cm³/mol. The summed E-state index contributed by atoms with van der Waals surface area (Å²) in [7, 11) is -3.13. The molecule has 4 rings (SSSR count). The number of aromatic nitrogens is 1. The zero-order valence-electron chi connectivity index (χ0n) is 16.1. The van der Waals surface area contributed by atoms with Crippen LogP contribution in [0.15, 0.2) is 23.6 Å². The Balaban J connectivity index is 1.51. The maximum absolute atomic E-state index is 12.8. The molecule has 0 radical (unpaired) electrons. The smallest absolute Gasteiger partial charge is 0.271 e. The van der Waals surface area contributed by atoms with Gasteiger partial charge in [-0.3, -0.25) is 9.69 Å². The topological polar surface area (TPSA) is 79.4 Å². The number of benzene rings is 1. The second kappa shape index (κ2) is 7.57. The van der Waals surface area contributed by atoms with E-state index in [-0.39, 0.29) is 29.5 Å². The van der Waals surface area contributed by atoms with Gasteiger partial charge in [0, 0.05) is 17.0 Å². The molecule has 6 nitrogen and oxygen atoms in total. The van der Waals surface area contributed by atoms with Crippen LogP contribution in [0.5, 0.6) is 0 Å². The van der Waals surface area contributed by atoms with Crippen LogP contribution < -0.4 is 5.32 Å². The van der Waals surface area contributed by atoms with E-state index < -0.39 is 9.84 Å². The van der Waals surface area contributed by atoms with Gasteiger partial charge in [0.2, 0.25) is 0 Å². The van der Waals surface area contributed by atoms with E-state index in [1.54, 1.807) is 5.38 Å². The number of amides is 1. The van der Waals surface area contributed by atoms with E-state index >= 15 is 0 Å². The summed E-state index contributed by atoms with van der Waals surface area (Å²) in [6.07, 6.45) is 2.17. The van der Waals surface area contributed by atoms with Crippen molar-refractivity contribution in [3.8, 4) is 10.6 Å². The quantitative estimate of drug-likeness (QED) is 0.823. The van der Waals surface area contributed by atoms with Crippen molar-refractivity contribution in [2.24, 2.45) is 0 Å². The van der Waals surface area contributed by atoms with Crippen molar-refractivity contribution in [2.75, 3.05) is 24.6 Å². The minimum Gasteiger partial charge on any atom is -0.345 e. The molecule has 0 spiro atoms. The van der Waals surface area contributed by atoms with Crippen molar-refractivity contribution in [3.05, 3.63) is 40.4 Å². The molecule has 150 valence electrons. The summed E-state index contributed by atoms with van der Waals surface area (Å²) in [5.74, 6) is -0.157. The molecule has 1 amide bonds. The van der Waals surface area contributed by atoms with Crippen molar-refractivity contribution >= 4 is 27.1 Å². The van der Waals surface area contributed by atoms with Crippen LogP contribution in [-0.2, 0) is 9.84 Å². The molecule has 0 bridgehead atoms. The lowest BCUT2D eigenvalue weighted by atomic mass is 10.1. The highest BCUT2D eigenvalue weighted by molar-refractivity contribution is 7.91. The first-order valence-electron chi connectivity index (χ1n) is 9.61. The first kappa shape index (κ1) is 19.5. The van der Waals surface area contributed by atoms with E-state index in [0.717, 1.165) is 42.1 Å². The number of hydrogen-bond acceptors (Lipinski definition) is 6. The summed E-state index contributed by atoms with van der Waals surface area (Å²) in [5, 5.41) is 5.50. The summed E-state index contributed by atoms with van der Waals surface area (Å²) in [4.78, 5) is 19.5. The van der Waals surface area contributed by atoms with E-state index in [9.17, 15) is 13.2 Å². The van der Waals surface area contributed by atoms with Crippen LogP contribution in [0.1, 0.15) is 34.5 Å². The number of rotatable bonds is 4. The molecule has 2 aliphatic rings. The molecule has 2 fully saturated rings. The van der Waals surface area contributed by atoms with Crippen LogP contribution in [0.2, 0.25) is 0 Å². The van der Waals surface area contributed by atoms with Crippen LogP contribution >= 0.6 is 11.3 Å². The van der Waals surface area contributed by atoms with E-state index in [4.69, 9.17) is 0 Å². The second-order valence-electron chi connectivity index (χ2n) is 7.82. The fraction of sp³-hybridized carbons (Fsp3) is 0.500. The van der Waals surface area contributed by atoms with Gasteiger partial charge in [-0.05, 0) is 45.3 Å². The number of carbonyl (C=O) groups excluding carboxylic acids is 1. The van der Waals surface area contributed by atoms with Crippen LogP contribution in [0, 0.1) is 13.8 Å². The zero-order valence-corrected chi connectivity index (χ0v) is 17.8. The first-order valence-corrected chi connectivity index (χ1v) is 12.3. The minimum absolute atomic E-state index is 0.00791. The van der Waals surface area contributed by atoms with Crippen LogP contribution in [0.25, 0.3) is 10.6 Å². The molecule has 1 aromatic heterocycles. The lowest BCUT2D eigenvalue weighted by molar-refractivity contribution is 0.0914. The van der Waals surface area contributed by atoms with E-state index in [2.05, 4.69) is 21.3 Å². The van der Waals surface area contributed by atoms with Gasteiger partial charge in [0.1, 0.15) is 10.7 Å². The molecule has 1 N–H and O–H groups in total. The fourth-order valence-electron chi connectivity index (χ4n) is 4.20. The van der Waals surface area contributed by atoms with Crippen molar-refractivity contribution in [2.45, 2.75) is 38.8 Å². The third-order valence-electron chi connectivity index (χ3n) is 5.60. The van der Waals surface area contributed by atoms with Gasteiger partial charge < -0.3 is 5.32 Å². The van der Waals surface area contributed by atoms with E-state index in [0.29, 0.717) is 5.69 Å². The molecular weight excluding hydrogens is 394 g/mol. The Bertz CT molecular complexity index is 994. The highest BCUT2D eigenvalue weighted by Gasteiger charge is 2.42. The van der Waals surface area contributed by atoms with Crippen LogP contribution in [-0.4, -0.2) is 60.9 Å². The average molecular weight is 420 g/mol. The van der Waals surface area contributed by atoms with Gasteiger partial charge >= 0.3 is 0 Å². The van der Waals surface area contributed by atoms with Gasteiger partial charge in [0.25, 0.3) is 5.91 Å². The molecule has 8 heteroatoms. The molecule has 0 saturated carbocycles. The lowest BCUT2D eigenvalue weighted by Gasteiger charge is -2.28. The molecular formula is C20H25N3O3S2. The zero-order chi connectivity index (χ0) is 19.9. The Hall–Kier alpha value is -1.77. The van der Waals surface area contributed by atoms with Gasteiger partial charge in [-0.1, -0.05) is 23.8 Å². The number of aryl methyl sites for hydroxylation is 2. The normalized spacial score (nSPS) is 24.5. The number of nitrogens with zero attached hydrogens (tertiary/aromatic N) is 2. The van der Waals surface area contributed by atoms with Crippen molar-refractivity contribution < 1.29 is 13.2 Å². The SMILES string of the molecule is Cc1ccc(-c2nc(C(=O)NC3CS(=O)(=O)CC3N3CCCC3)cs2)c(C)c1. The van der Waals surface area contributed by atoms with Crippen molar-refractivity contribution in [1.82, 2.24) is 15.2 Å². The molecule has 2 aromatic rings. The highest BCUT2D eigenvalue weighted by Crippen LogP contribution is 2.28. The number of thiazole rings is 1. The summed E-state index contributed by atoms with van der Waals surface area (Å²) < 4.78 is 24.4. The van der Waals surface area contributed by atoms with Crippen LogP contribution in [0.4, 0.5) is 0 Å². The molecule has 2 saturated heterocycles. The Morgan fingerprint density at radius 1 is 1.21 bits per heavy atom. The van der Waals surface area contributed by atoms with Gasteiger partial charge in [0.15, 0.2) is 9.84 Å². The van der Waals surface area contributed by atoms with Gasteiger partial charge in [-0.2, -0.15) is 0 Å². The number of likely N-dealkylation sites (tertiary alicyclic amines) is 1. The summed E-state index contributed by atoms with van der Waals surface area (Å²) >= 11 is 1.43. The Kier molecular flexibility index (Phi) is 5.28. The largest absolute Gasteiger partial charge is 0.345 e. The molecule has 2 aliphatic heterocycles. The average Bonchev–Trinajstić information content (AvgIpc) is 3.34. The third kappa shape index (κ3) is 3.99. The van der Waals surface area contributed by atoms with Crippen molar-refractivity contribution in [3.63, 3.8) is 0 Å². The number of carbonyl (C=O) groups is 1. The summed E-state index contributed by atoms with van der Waals surface area (Å²) in [5.41, 5.74) is 3.68. The maximum atomic E-state index is 12.8. The second-order valence-corrected chi connectivity index (χ2v) is 10.8. The molecule has 28 heavy (non-hydrogen) atoms. The van der Waals surface area contributed by atoms with Crippen molar-refractivity contribution in [1.29, 1.82) is 0 Å². The Morgan fingerprint density at radius 2 is 1.96 bits per heavy atom. The molecule has 1 aromatic carbocycles. The van der Waals surface area contributed by atoms with E-state index in [1.807, 2.05) is 26.0 Å². The predicted octanol–water partition coefficient (Wildman–Crippen LogP) is 2.42. The monoisotopic (exact) mass is 419 g/mol. The summed E-state index contributed by atoms with van der Waals surface area (Å²) in [6.45, 7) is 5.89. The maximum Gasteiger partial charge on any atom is 0.271 e. The lowest BCUT2D eigenvalue weighted by Crippen LogP contribution is -2.50. The standard InChI is InChI=1S/C20H25N3O3S2/c1-13-5-6-15(14(2)9-13)20-22-16(10-27-20)19(24)21-17-11-28(25,26)12-18(17)23-7-3-4-8-23/h5-6,9-10,17-18H,3-4,7-8,11-12H2,1-2H3,(H,21,24). The van der Waals surface area contributed by atoms with E-state index in [1.165, 1.54) is 16.9 Å². The van der Waals surface area contributed by atoms with Gasteiger partial charge in [0.05, 0.1) is 17.5 Å². The molecule has 3 heterocycles. The molecule has 2 unspecified atom stereocenters. The number of hydrogen-bond donors (Lipinski definition) is 1. The van der Waals surface area contributed by atoms with Gasteiger partial charge in [-0.25, -0.2) is 13.4 Å². The fourth-order valence-corrected chi connectivity index (χ4v) is 7.04. The third-order valence-corrected chi connectivity index (χ3v) is 8.19. The number of nitrogens with one attached hydrogen (secondary N) is 1. The molecule has 2 atom stereocenters. The number of sulfone groups is 1. The Labute approximate surface area is 169 Å². The highest BCUT2D eigenvalue weighted by atomic mass is 32.2. The first-order chi connectivity index (χ1) is 13.3. The van der Waals surface area contributed by atoms with Gasteiger partial charge in [-0.15, -0.1) is 11.3 Å². The summed E-state index contributed by atoms with van der Waals surface area (Å²) in [6, 6.07) is 5.65. The Morgan fingerprint density at radius 3 is 2.68 bits per heavy atom.